The van der Waals surface area contributed by atoms with Crippen LogP contribution in [0.3, 0.4) is 0 Å². The van der Waals surface area contributed by atoms with E-state index >= 15 is 0 Å². The van der Waals surface area contributed by atoms with Gasteiger partial charge in [0.15, 0.2) is 0 Å². The molecule has 26 heavy (non-hydrogen) atoms. The number of nitrogens with zero attached hydrogens (tertiary/aromatic N) is 4. The van der Waals surface area contributed by atoms with Crippen molar-refractivity contribution in [2.24, 2.45) is 13.0 Å². The Morgan fingerprint density at radius 2 is 2.19 bits per heavy atom. The van der Waals surface area contributed by atoms with Gasteiger partial charge in [0.05, 0.1) is 18.3 Å². The number of hydrogen-bond acceptors (Lipinski definition) is 4. The predicted molar refractivity (Wildman–Crippen MR) is 98.1 cm³/mol. The lowest BCUT2D eigenvalue weighted by molar-refractivity contribution is 0.0198. The number of aryl methyl sites for hydroxylation is 1. The summed E-state index contributed by atoms with van der Waals surface area (Å²) in [5.74, 6) is 0.618. The molecule has 1 saturated carbocycles. The molecule has 1 saturated heterocycles. The highest BCUT2D eigenvalue weighted by Gasteiger charge is 2.39. The molecule has 0 radical (unpaired) electrons. The summed E-state index contributed by atoms with van der Waals surface area (Å²) in [5, 5.41) is 4.58. The number of ether oxygens (including phenoxy) is 1. The molecule has 1 aliphatic heterocycles. The summed E-state index contributed by atoms with van der Waals surface area (Å²) in [7, 11) is 1.90. The maximum atomic E-state index is 13.0. The van der Waals surface area contributed by atoms with E-state index < -0.39 is 0 Å². The van der Waals surface area contributed by atoms with E-state index in [1.807, 2.05) is 24.3 Å². The highest BCUT2D eigenvalue weighted by molar-refractivity contribution is 6.29. The molecule has 2 atom stereocenters. The second kappa shape index (κ2) is 7.37. The smallest absolute Gasteiger partial charge is 0.272 e. The average molecular weight is 375 g/mol. The molecule has 138 valence electrons. The van der Waals surface area contributed by atoms with Crippen LogP contribution in [0.2, 0.25) is 5.15 Å². The van der Waals surface area contributed by atoms with Crippen LogP contribution in [0.5, 0.6) is 0 Å². The van der Waals surface area contributed by atoms with Crippen LogP contribution >= 0.6 is 11.6 Å². The van der Waals surface area contributed by atoms with Gasteiger partial charge >= 0.3 is 0 Å². The van der Waals surface area contributed by atoms with Crippen LogP contribution in [0.25, 0.3) is 0 Å². The van der Waals surface area contributed by atoms with Crippen molar-refractivity contribution in [1.82, 2.24) is 19.7 Å². The molecule has 6 nitrogen and oxygen atoms in total. The van der Waals surface area contributed by atoms with E-state index in [1.165, 1.54) is 12.8 Å². The monoisotopic (exact) mass is 374 g/mol. The van der Waals surface area contributed by atoms with Crippen molar-refractivity contribution in [3.05, 3.63) is 47.0 Å². The maximum Gasteiger partial charge on any atom is 0.272 e. The fourth-order valence-electron chi connectivity index (χ4n) is 3.55. The van der Waals surface area contributed by atoms with Gasteiger partial charge in [-0.2, -0.15) is 5.10 Å². The number of rotatable bonds is 6. The molecule has 2 aromatic rings. The zero-order valence-electron chi connectivity index (χ0n) is 14.8. The van der Waals surface area contributed by atoms with E-state index in [2.05, 4.69) is 10.1 Å². The van der Waals surface area contributed by atoms with Gasteiger partial charge in [-0.1, -0.05) is 17.7 Å². The van der Waals surface area contributed by atoms with E-state index in [0.29, 0.717) is 23.3 Å². The minimum absolute atomic E-state index is 0.00812. The van der Waals surface area contributed by atoms with Gasteiger partial charge in [0, 0.05) is 26.4 Å². The summed E-state index contributed by atoms with van der Waals surface area (Å²) in [5.41, 5.74) is 1.49. The van der Waals surface area contributed by atoms with Gasteiger partial charge in [0.25, 0.3) is 5.91 Å². The van der Waals surface area contributed by atoms with E-state index in [1.54, 1.807) is 22.9 Å². The molecule has 2 aromatic heterocycles. The molecule has 0 bridgehead atoms. The molecule has 0 aromatic carbocycles. The lowest BCUT2D eigenvalue weighted by Gasteiger charge is -2.28. The summed E-state index contributed by atoms with van der Waals surface area (Å²) >= 11 is 5.97. The summed E-state index contributed by atoms with van der Waals surface area (Å²) < 4.78 is 7.98. The zero-order chi connectivity index (χ0) is 18.1. The Morgan fingerprint density at radius 1 is 1.35 bits per heavy atom. The lowest BCUT2D eigenvalue weighted by atomic mass is 10.0. The van der Waals surface area contributed by atoms with E-state index in [-0.39, 0.29) is 18.1 Å². The highest BCUT2D eigenvalue weighted by atomic mass is 35.5. The van der Waals surface area contributed by atoms with Gasteiger partial charge in [-0.15, -0.1) is 0 Å². The topological polar surface area (TPSA) is 60.2 Å². The minimum atomic E-state index is -0.0843. The summed E-state index contributed by atoms with van der Waals surface area (Å²) in [6.07, 6.45) is 8.01. The van der Waals surface area contributed by atoms with Crippen molar-refractivity contribution < 1.29 is 9.53 Å². The largest absolute Gasteiger partial charge is 0.376 e. The third-order valence-electron chi connectivity index (χ3n) is 5.13. The van der Waals surface area contributed by atoms with Crippen molar-refractivity contribution in [2.75, 3.05) is 13.2 Å². The van der Waals surface area contributed by atoms with Crippen LogP contribution in [0, 0.1) is 5.92 Å². The van der Waals surface area contributed by atoms with Crippen molar-refractivity contribution >= 4 is 17.5 Å². The number of pyridine rings is 1. The van der Waals surface area contributed by atoms with Crippen LogP contribution in [0.4, 0.5) is 0 Å². The number of amides is 1. The quantitative estimate of drug-likeness (QED) is 0.729. The zero-order valence-corrected chi connectivity index (χ0v) is 15.6. The molecule has 4 rings (SSSR count). The van der Waals surface area contributed by atoms with E-state index in [4.69, 9.17) is 16.3 Å². The van der Waals surface area contributed by atoms with Crippen LogP contribution in [-0.4, -0.2) is 50.9 Å². The van der Waals surface area contributed by atoms with Crippen LogP contribution in [0.15, 0.2) is 30.6 Å². The summed E-state index contributed by atoms with van der Waals surface area (Å²) in [6, 6.07) is 5.15. The molecule has 2 aliphatic rings. The summed E-state index contributed by atoms with van der Waals surface area (Å²) in [4.78, 5) is 19.1. The first-order chi connectivity index (χ1) is 12.6. The first kappa shape index (κ1) is 17.5. The Labute approximate surface area is 158 Å². The van der Waals surface area contributed by atoms with Gasteiger partial charge in [0.2, 0.25) is 0 Å². The van der Waals surface area contributed by atoms with Gasteiger partial charge in [-0.05, 0) is 49.3 Å². The SMILES string of the molecule is Cn1cc(C[C@H]2[C@H](OCC3CC3)CCN2C(=O)c2cccc(Cl)n2)cn1. The first-order valence-corrected chi connectivity index (χ1v) is 9.50. The lowest BCUT2D eigenvalue weighted by Crippen LogP contribution is -2.42. The van der Waals surface area contributed by atoms with E-state index in [9.17, 15) is 4.79 Å². The number of halogens is 1. The molecule has 1 aliphatic carbocycles. The third kappa shape index (κ3) is 3.91. The van der Waals surface area contributed by atoms with Crippen LogP contribution in [-0.2, 0) is 18.2 Å². The highest BCUT2D eigenvalue weighted by Crippen LogP contribution is 2.32. The first-order valence-electron chi connectivity index (χ1n) is 9.13. The number of aromatic nitrogens is 3. The fourth-order valence-corrected chi connectivity index (χ4v) is 3.71. The molecule has 2 fully saturated rings. The maximum absolute atomic E-state index is 13.0. The standard InChI is InChI=1S/C19H23ClN4O2/c1-23-11-14(10-21-23)9-16-17(26-12-13-5-6-13)7-8-24(16)19(25)15-3-2-4-18(20)22-15/h2-4,10-11,13,16-17H,5-9,12H2,1H3/t16-,17+/m0/s1. The molecule has 0 N–H and O–H groups in total. The number of hydrogen-bond donors (Lipinski definition) is 0. The Balaban J connectivity index is 1.53. The molecule has 7 heteroatoms. The fraction of sp³-hybridized carbons (Fsp3) is 0.526. The number of likely N-dealkylation sites (tertiary alicyclic amines) is 1. The van der Waals surface area contributed by atoms with Crippen molar-refractivity contribution in [3.8, 4) is 0 Å². The minimum Gasteiger partial charge on any atom is -0.376 e. The van der Waals surface area contributed by atoms with Gasteiger partial charge < -0.3 is 9.64 Å². The molecular formula is C19H23ClN4O2. The Morgan fingerprint density at radius 3 is 2.88 bits per heavy atom. The van der Waals surface area contributed by atoms with Crippen molar-refractivity contribution in [3.63, 3.8) is 0 Å². The second-order valence-electron chi connectivity index (χ2n) is 7.24. The molecular weight excluding hydrogens is 352 g/mol. The molecule has 0 unspecified atom stereocenters. The molecule has 3 heterocycles. The average Bonchev–Trinajstić information content (AvgIpc) is 3.25. The Hall–Kier alpha value is -1.92. The summed E-state index contributed by atoms with van der Waals surface area (Å²) in [6.45, 7) is 1.47. The van der Waals surface area contributed by atoms with Gasteiger partial charge in [0.1, 0.15) is 10.8 Å². The molecule has 0 spiro atoms. The predicted octanol–water partition coefficient (Wildman–Crippen LogP) is 2.72. The van der Waals surface area contributed by atoms with Gasteiger partial charge in [-0.3, -0.25) is 9.48 Å². The number of carbonyl (C=O) groups excluding carboxylic acids is 1. The molecule has 1 amide bonds. The van der Waals surface area contributed by atoms with Gasteiger partial charge in [-0.25, -0.2) is 4.98 Å². The second-order valence-corrected chi connectivity index (χ2v) is 7.63. The Bertz CT molecular complexity index is 789. The Kier molecular flexibility index (Phi) is 4.96. The normalized spacial score (nSPS) is 22.8. The van der Waals surface area contributed by atoms with Crippen molar-refractivity contribution in [2.45, 2.75) is 37.8 Å². The van der Waals surface area contributed by atoms with Crippen LogP contribution in [0.1, 0.15) is 35.3 Å². The van der Waals surface area contributed by atoms with Crippen LogP contribution < -0.4 is 0 Å². The van der Waals surface area contributed by atoms with E-state index in [0.717, 1.165) is 25.0 Å². The third-order valence-corrected chi connectivity index (χ3v) is 5.34. The number of carbonyl (C=O) groups is 1. The van der Waals surface area contributed by atoms with Crippen molar-refractivity contribution in [1.29, 1.82) is 0 Å².